The molecule has 2 aromatic rings. The topological polar surface area (TPSA) is 71.9 Å². The van der Waals surface area contributed by atoms with Crippen LogP contribution in [0.3, 0.4) is 0 Å². The zero-order chi connectivity index (χ0) is 19.8. The highest BCUT2D eigenvalue weighted by Gasteiger charge is 2.15. The molecule has 2 aromatic carbocycles. The lowest BCUT2D eigenvalue weighted by Gasteiger charge is -2.14. The van der Waals surface area contributed by atoms with E-state index in [1.807, 2.05) is 0 Å². The first-order valence-electron chi connectivity index (χ1n) is 8.03. The Morgan fingerprint density at radius 2 is 1.41 bits per heavy atom. The molecule has 9 heteroatoms. The molecule has 0 aliphatic heterocycles. The van der Waals surface area contributed by atoms with Gasteiger partial charge in [-0.25, -0.2) is 0 Å². The molecule has 144 valence electrons. The second kappa shape index (κ2) is 9.84. The van der Waals surface area contributed by atoms with Crippen LogP contribution in [0.1, 0.15) is 0 Å². The number of rotatable bonds is 8. The van der Waals surface area contributed by atoms with E-state index in [1.54, 1.807) is 31.3 Å². The number of carbonyl (C=O) groups excluding carboxylic acids is 2. The first-order valence-corrected chi connectivity index (χ1v) is 8.41. The van der Waals surface area contributed by atoms with Crippen molar-refractivity contribution in [3.63, 3.8) is 0 Å². The molecule has 6 nitrogen and oxygen atoms in total. The highest BCUT2D eigenvalue weighted by molar-refractivity contribution is 6.30. The number of benzene rings is 2. The maximum atomic E-state index is 12.1. The van der Waals surface area contributed by atoms with Gasteiger partial charge in [0.1, 0.15) is 5.75 Å². The minimum absolute atomic E-state index is 0.00427. The summed E-state index contributed by atoms with van der Waals surface area (Å²) in [6, 6.07) is 12.3. The lowest BCUT2D eigenvalue weighted by atomic mass is 10.3. The number of likely N-dealkylation sites (N-methyl/N-ethyl adjacent to an activating group) is 1. The van der Waals surface area contributed by atoms with Gasteiger partial charge in [-0.15, -0.1) is 0 Å². The van der Waals surface area contributed by atoms with Crippen molar-refractivity contribution in [2.24, 2.45) is 0 Å². The SMILES string of the molecule is C[NH+](CC(=O)Nc1ccc(Cl)cc1)CC(=O)Nc1ccc(OC(F)F)cc1. The van der Waals surface area contributed by atoms with Gasteiger partial charge in [-0.05, 0) is 48.5 Å². The smallest absolute Gasteiger partial charge is 0.387 e. The predicted octanol–water partition coefficient (Wildman–Crippen LogP) is 2.03. The largest absolute Gasteiger partial charge is 0.435 e. The zero-order valence-corrected chi connectivity index (χ0v) is 15.2. The van der Waals surface area contributed by atoms with Crippen molar-refractivity contribution < 1.29 is 28.0 Å². The van der Waals surface area contributed by atoms with Crippen molar-refractivity contribution >= 4 is 34.8 Å². The van der Waals surface area contributed by atoms with Crippen LogP contribution in [0.15, 0.2) is 48.5 Å². The molecule has 0 spiro atoms. The second-order valence-corrected chi connectivity index (χ2v) is 6.25. The molecule has 2 amide bonds. The number of nitrogens with one attached hydrogen (secondary N) is 3. The van der Waals surface area contributed by atoms with E-state index >= 15 is 0 Å². The number of ether oxygens (including phenoxy) is 1. The molecule has 0 bridgehead atoms. The van der Waals surface area contributed by atoms with Gasteiger partial charge in [-0.3, -0.25) is 9.59 Å². The van der Waals surface area contributed by atoms with Crippen molar-refractivity contribution in [2.45, 2.75) is 6.61 Å². The van der Waals surface area contributed by atoms with Gasteiger partial charge in [0, 0.05) is 16.4 Å². The van der Waals surface area contributed by atoms with E-state index in [1.165, 1.54) is 24.3 Å². The van der Waals surface area contributed by atoms with E-state index in [2.05, 4.69) is 15.4 Å². The van der Waals surface area contributed by atoms with Crippen LogP contribution in [0.5, 0.6) is 5.75 Å². The summed E-state index contributed by atoms with van der Waals surface area (Å²) in [5.74, 6) is -0.546. The van der Waals surface area contributed by atoms with E-state index < -0.39 is 6.61 Å². The average Bonchev–Trinajstić information content (AvgIpc) is 2.58. The summed E-state index contributed by atoms with van der Waals surface area (Å²) in [6.45, 7) is -2.75. The van der Waals surface area contributed by atoms with Crippen molar-refractivity contribution in [2.75, 3.05) is 30.8 Å². The molecular formula is C18H19ClF2N3O3+. The summed E-state index contributed by atoms with van der Waals surface area (Å²) >= 11 is 5.79. The molecule has 0 heterocycles. The fraction of sp³-hybridized carbons (Fsp3) is 0.222. The third-order valence-corrected chi connectivity index (χ3v) is 3.67. The van der Waals surface area contributed by atoms with Gasteiger partial charge in [0.25, 0.3) is 11.8 Å². The fourth-order valence-corrected chi connectivity index (χ4v) is 2.40. The fourth-order valence-electron chi connectivity index (χ4n) is 2.27. The van der Waals surface area contributed by atoms with Crippen LogP contribution in [0.4, 0.5) is 20.2 Å². The normalized spacial score (nSPS) is 11.7. The molecular weight excluding hydrogens is 380 g/mol. The Morgan fingerprint density at radius 1 is 0.963 bits per heavy atom. The Labute approximate surface area is 160 Å². The second-order valence-electron chi connectivity index (χ2n) is 5.82. The third kappa shape index (κ3) is 7.59. The minimum Gasteiger partial charge on any atom is -0.435 e. The van der Waals surface area contributed by atoms with Crippen LogP contribution >= 0.6 is 11.6 Å². The number of amides is 2. The minimum atomic E-state index is -2.90. The van der Waals surface area contributed by atoms with Crippen LogP contribution in [0, 0.1) is 0 Å². The summed E-state index contributed by atoms with van der Waals surface area (Å²) in [5.41, 5.74) is 1.06. The van der Waals surface area contributed by atoms with Crippen LogP contribution < -0.4 is 20.3 Å². The van der Waals surface area contributed by atoms with Crippen LogP contribution in [-0.4, -0.2) is 38.6 Å². The lowest BCUT2D eigenvalue weighted by Crippen LogP contribution is -3.11. The van der Waals surface area contributed by atoms with Crippen LogP contribution in [0.2, 0.25) is 5.02 Å². The number of quaternary nitrogens is 1. The summed E-state index contributed by atoms with van der Waals surface area (Å²) in [7, 11) is 1.71. The van der Waals surface area contributed by atoms with Gasteiger partial charge in [-0.2, -0.15) is 8.78 Å². The van der Waals surface area contributed by atoms with Gasteiger partial charge in [0.2, 0.25) is 0 Å². The van der Waals surface area contributed by atoms with Crippen molar-refractivity contribution in [1.82, 2.24) is 0 Å². The van der Waals surface area contributed by atoms with Gasteiger partial charge < -0.3 is 20.3 Å². The molecule has 0 aliphatic carbocycles. The molecule has 2 rings (SSSR count). The Hall–Kier alpha value is -2.71. The van der Waals surface area contributed by atoms with Gasteiger partial charge in [-0.1, -0.05) is 11.6 Å². The number of anilines is 2. The van der Waals surface area contributed by atoms with Gasteiger partial charge in [0.15, 0.2) is 13.1 Å². The number of hydrogen-bond donors (Lipinski definition) is 3. The van der Waals surface area contributed by atoms with Gasteiger partial charge in [0.05, 0.1) is 7.05 Å². The first kappa shape index (κ1) is 20.6. The number of halogens is 3. The van der Waals surface area contributed by atoms with E-state index in [-0.39, 0.29) is 30.7 Å². The number of hydrogen-bond acceptors (Lipinski definition) is 3. The molecule has 0 saturated heterocycles. The quantitative estimate of drug-likeness (QED) is 0.637. The Kier molecular flexibility index (Phi) is 7.51. The lowest BCUT2D eigenvalue weighted by molar-refractivity contribution is -0.862. The summed E-state index contributed by atoms with van der Waals surface area (Å²) in [6.07, 6.45) is 0. The van der Waals surface area contributed by atoms with E-state index in [0.717, 1.165) is 0 Å². The van der Waals surface area contributed by atoms with Crippen LogP contribution in [-0.2, 0) is 9.59 Å². The molecule has 3 N–H and O–H groups in total. The standard InChI is InChI=1S/C18H18ClF2N3O3/c1-24(10-16(25)22-13-4-2-12(19)3-5-13)11-17(26)23-14-6-8-15(9-7-14)27-18(20)21/h2-9,18H,10-11H2,1H3,(H,22,25)(H,23,26)/p+1. The highest BCUT2D eigenvalue weighted by atomic mass is 35.5. The molecule has 27 heavy (non-hydrogen) atoms. The first-order chi connectivity index (χ1) is 12.8. The molecule has 0 aromatic heterocycles. The summed E-state index contributed by atoms with van der Waals surface area (Å²) < 4.78 is 28.4. The molecule has 1 unspecified atom stereocenters. The van der Waals surface area contributed by atoms with E-state index in [9.17, 15) is 18.4 Å². The monoisotopic (exact) mass is 398 g/mol. The van der Waals surface area contributed by atoms with Crippen molar-refractivity contribution in [1.29, 1.82) is 0 Å². The van der Waals surface area contributed by atoms with Gasteiger partial charge >= 0.3 is 6.61 Å². The van der Waals surface area contributed by atoms with E-state index in [0.29, 0.717) is 21.3 Å². The molecule has 0 aliphatic rings. The predicted molar refractivity (Wildman–Crippen MR) is 98.4 cm³/mol. The Morgan fingerprint density at radius 3 is 1.85 bits per heavy atom. The molecule has 0 radical (unpaired) electrons. The molecule has 1 atom stereocenters. The summed E-state index contributed by atoms with van der Waals surface area (Å²) in [4.78, 5) is 24.7. The number of carbonyl (C=O) groups is 2. The molecule has 0 fully saturated rings. The summed E-state index contributed by atoms with van der Waals surface area (Å²) in [5, 5.41) is 5.92. The van der Waals surface area contributed by atoms with E-state index in [4.69, 9.17) is 11.6 Å². The maximum Gasteiger partial charge on any atom is 0.387 e. The average molecular weight is 399 g/mol. The maximum absolute atomic E-state index is 12.1. The third-order valence-electron chi connectivity index (χ3n) is 3.42. The Bertz CT molecular complexity index is 770. The van der Waals surface area contributed by atoms with Crippen molar-refractivity contribution in [3.05, 3.63) is 53.6 Å². The van der Waals surface area contributed by atoms with Crippen LogP contribution in [0.25, 0.3) is 0 Å². The van der Waals surface area contributed by atoms with Crippen molar-refractivity contribution in [3.8, 4) is 5.75 Å². The zero-order valence-electron chi connectivity index (χ0n) is 14.5. The highest BCUT2D eigenvalue weighted by Crippen LogP contribution is 2.17. The number of alkyl halides is 2. The Balaban J connectivity index is 1.77. The molecule has 0 saturated carbocycles.